The molecule has 0 aliphatic carbocycles. The van der Waals surface area contributed by atoms with Crippen LogP contribution in [-0.4, -0.2) is 12.2 Å². The average molecular weight is 237 g/mol. The molecule has 0 spiro atoms. The van der Waals surface area contributed by atoms with E-state index in [9.17, 15) is 5.11 Å². The zero-order valence-corrected chi connectivity index (χ0v) is 12.3. The summed E-state index contributed by atoms with van der Waals surface area (Å²) >= 11 is 0. The Kier molecular flexibility index (Phi) is 5.21. The van der Waals surface area contributed by atoms with Gasteiger partial charge in [-0.25, -0.2) is 0 Å². The fourth-order valence-electron chi connectivity index (χ4n) is 1.75. The van der Waals surface area contributed by atoms with Gasteiger partial charge in [0.05, 0.1) is 0 Å². The van der Waals surface area contributed by atoms with Gasteiger partial charge in [0, 0.05) is 0 Å². The lowest BCUT2D eigenvalue weighted by Crippen LogP contribution is -2.16. The van der Waals surface area contributed by atoms with Gasteiger partial charge in [-0.15, -0.1) is 0 Å². The van der Waals surface area contributed by atoms with E-state index in [-0.39, 0.29) is 10.8 Å². The lowest BCUT2D eigenvalue weighted by atomic mass is 9.80. The molecule has 17 heavy (non-hydrogen) atoms. The van der Waals surface area contributed by atoms with Gasteiger partial charge < -0.3 is 10.8 Å². The first-order valence-corrected chi connectivity index (χ1v) is 6.04. The minimum atomic E-state index is -0.00859. The van der Waals surface area contributed by atoms with Gasteiger partial charge in [0.2, 0.25) is 0 Å². The highest BCUT2D eigenvalue weighted by Crippen LogP contribution is 2.38. The molecule has 0 aromatic heterocycles. The van der Waals surface area contributed by atoms with E-state index in [1.54, 1.807) is 0 Å². The minimum Gasteiger partial charge on any atom is -0.507 e. The van der Waals surface area contributed by atoms with Gasteiger partial charge in [-0.05, 0) is 29.0 Å². The third-order valence-corrected chi connectivity index (χ3v) is 2.65. The lowest BCUT2D eigenvalue weighted by Gasteiger charge is -2.26. The zero-order valence-electron chi connectivity index (χ0n) is 12.3. The molecule has 0 bridgehead atoms. The summed E-state index contributed by atoms with van der Waals surface area (Å²) in [6.07, 6.45) is 0. The molecule has 98 valence electrons. The van der Waals surface area contributed by atoms with Gasteiger partial charge in [-0.1, -0.05) is 59.7 Å². The molecule has 0 atom stereocenters. The molecule has 2 nitrogen and oxygen atoms in total. The van der Waals surface area contributed by atoms with Crippen LogP contribution in [0.15, 0.2) is 18.2 Å². The van der Waals surface area contributed by atoms with E-state index in [1.165, 1.54) is 7.05 Å². The topological polar surface area (TPSA) is 46.2 Å². The first kappa shape index (κ1) is 16.0. The maximum atomic E-state index is 10.3. The molecule has 0 aliphatic rings. The van der Waals surface area contributed by atoms with Gasteiger partial charge in [0.15, 0.2) is 0 Å². The number of rotatable bonds is 0. The van der Waals surface area contributed by atoms with Crippen LogP contribution in [0.5, 0.6) is 5.75 Å². The van der Waals surface area contributed by atoms with Gasteiger partial charge in [0.1, 0.15) is 5.75 Å². The van der Waals surface area contributed by atoms with E-state index in [1.807, 2.05) is 18.2 Å². The number of benzene rings is 1. The van der Waals surface area contributed by atoms with E-state index in [0.29, 0.717) is 5.75 Å². The molecule has 0 saturated heterocycles. The maximum Gasteiger partial charge on any atom is 0.123 e. The molecule has 0 unspecified atom stereocenters. The SMILES string of the molecule is CC(C)(C)c1cccc(C(C)(C)C)c1O.CN. The molecular weight excluding hydrogens is 210 g/mol. The quantitative estimate of drug-likeness (QED) is 0.724. The van der Waals surface area contributed by atoms with Crippen LogP contribution in [0.25, 0.3) is 0 Å². The number of phenols is 1. The van der Waals surface area contributed by atoms with Crippen molar-refractivity contribution < 1.29 is 5.11 Å². The summed E-state index contributed by atoms with van der Waals surface area (Å²) in [5, 5.41) is 10.3. The summed E-state index contributed by atoms with van der Waals surface area (Å²) in [6, 6.07) is 6.04. The van der Waals surface area contributed by atoms with Crippen molar-refractivity contribution in [2.75, 3.05) is 7.05 Å². The van der Waals surface area contributed by atoms with Crippen LogP contribution in [0.1, 0.15) is 52.7 Å². The Hall–Kier alpha value is -1.02. The predicted molar refractivity (Wildman–Crippen MR) is 75.6 cm³/mol. The number of hydrogen-bond donors (Lipinski definition) is 2. The Morgan fingerprint density at radius 3 is 1.35 bits per heavy atom. The molecular formula is C15H27NO. The molecule has 2 heteroatoms. The van der Waals surface area contributed by atoms with Gasteiger partial charge in [-0.3, -0.25) is 0 Å². The molecule has 0 heterocycles. The van der Waals surface area contributed by atoms with Crippen LogP contribution >= 0.6 is 0 Å². The van der Waals surface area contributed by atoms with Crippen molar-refractivity contribution in [2.45, 2.75) is 52.4 Å². The summed E-state index contributed by atoms with van der Waals surface area (Å²) in [6.45, 7) is 12.7. The second-order valence-corrected chi connectivity index (χ2v) is 6.20. The first-order valence-electron chi connectivity index (χ1n) is 6.04. The number of phenolic OH excluding ortho intramolecular Hbond substituents is 1. The summed E-state index contributed by atoms with van der Waals surface area (Å²) in [4.78, 5) is 0. The van der Waals surface area contributed by atoms with Crippen molar-refractivity contribution >= 4 is 0 Å². The lowest BCUT2D eigenvalue weighted by molar-refractivity contribution is 0.423. The van der Waals surface area contributed by atoms with E-state index >= 15 is 0 Å². The van der Waals surface area contributed by atoms with Crippen LogP contribution < -0.4 is 5.73 Å². The van der Waals surface area contributed by atoms with Crippen molar-refractivity contribution in [3.05, 3.63) is 29.3 Å². The molecule has 0 radical (unpaired) electrons. The third kappa shape index (κ3) is 4.04. The number of nitrogens with two attached hydrogens (primary N) is 1. The molecule has 1 rings (SSSR count). The van der Waals surface area contributed by atoms with Crippen molar-refractivity contribution in [3.63, 3.8) is 0 Å². The number of para-hydroxylation sites is 1. The van der Waals surface area contributed by atoms with Gasteiger partial charge in [-0.2, -0.15) is 0 Å². The summed E-state index contributed by atoms with van der Waals surface area (Å²) < 4.78 is 0. The van der Waals surface area contributed by atoms with Crippen LogP contribution in [0.4, 0.5) is 0 Å². The summed E-state index contributed by atoms with van der Waals surface area (Å²) in [5.74, 6) is 0.456. The Labute approximate surface area is 106 Å². The first-order chi connectivity index (χ1) is 7.64. The highest BCUT2D eigenvalue weighted by molar-refractivity contribution is 5.46. The van der Waals surface area contributed by atoms with E-state index in [4.69, 9.17) is 0 Å². The summed E-state index contributed by atoms with van der Waals surface area (Å²) in [5.41, 5.74) is 6.53. The molecule has 0 fully saturated rings. The monoisotopic (exact) mass is 237 g/mol. The number of hydrogen-bond acceptors (Lipinski definition) is 2. The van der Waals surface area contributed by atoms with Gasteiger partial charge in [0.25, 0.3) is 0 Å². The highest BCUT2D eigenvalue weighted by atomic mass is 16.3. The van der Waals surface area contributed by atoms with Crippen molar-refractivity contribution in [1.82, 2.24) is 0 Å². The Bertz CT molecular complexity index is 324. The standard InChI is InChI=1S/C14H22O.CH5N/c1-13(2,3)10-8-7-9-11(12(10)15)14(4,5)6;1-2/h7-9,15H,1-6H3;2H2,1H3. The van der Waals surface area contributed by atoms with Crippen LogP contribution in [0, 0.1) is 0 Å². The fraction of sp³-hybridized carbons (Fsp3) is 0.600. The molecule has 0 amide bonds. The molecule has 0 saturated carbocycles. The largest absolute Gasteiger partial charge is 0.507 e. The zero-order chi connectivity index (χ0) is 13.9. The maximum absolute atomic E-state index is 10.3. The van der Waals surface area contributed by atoms with Gasteiger partial charge >= 0.3 is 0 Å². The summed E-state index contributed by atoms with van der Waals surface area (Å²) in [7, 11) is 1.50. The van der Waals surface area contributed by atoms with Crippen molar-refractivity contribution in [2.24, 2.45) is 5.73 Å². The van der Waals surface area contributed by atoms with Crippen LogP contribution in [0.2, 0.25) is 0 Å². The fourth-order valence-corrected chi connectivity index (χ4v) is 1.75. The smallest absolute Gasteiger partial charge is 0.123 e. The molecule has 3 N–H and O–H groups in total. The van der Waals surface area contributed by atoms with Crippen molar-refractivity contribution in [3.8, 4) is 5.75 Å². The van der Waals surface area contributed by atoms with E-state index in [0.717, 1.165) is 11.1 Å². The average Bonchev–Trinajstić information content (AvgIpc) is 2.17. The third-order valence-electron chi connectivity index (χ3n) is 2.65. The number of aromatic hydroxyl groups is 1. The second-order valence-electron chi connectivity index (χ2n) is 6.20. The Balaban J connectivity index is 0.00000121. The normalized spacial score (nSPS) is 11.8. The van der Waals surface area contributed by atoms with Crippen molar-refractivity contribution in [1.29, 1.82) is 0 Å². The molecule has 0 aliphatic heterocycles. The highest BCUT2D eigenvalue weighted by Gasteiger charge is 2.24. The van der Waals surface area contributed by atoms with E-state index < -0.39 is 0 Å². The molecule has 1 aromatic carbocycles. The van der Waals surface area contributed by atoms with E-state index in [2.05, 4.69) is 47.3 Å². The second kappa shape index (κ2) is 5.54. The Morgan fingerprint density at radius 1 is 0.824 bits per heavy atom. The Morgan fingerprint density at radius 2 is 1.12 bits per heavy atom. The minimum absolute atomic E-state index is 0.00859. The molecule has 1 aromatic rings. The predicted octanol–water partition coefficient (Wildman–Crippen LogP) is 3.56. The van der Waals surface area contributed by atoms with Crippen LogP contribution in [0.3, 0.4) is 0 Å². The van der Waals surface area contributed by atoms with Crippen LogP contribution in [-0.2, 0) is 10.8 Å².